The summed E-state index contributed by atoms with van der Waals surface area (Å²) in [6, 6.07) is 5.81. The van der Waals surface area contributed by atoms with Crippen molar-refractivity contribution in [3.05, 3.63) is 35.6 Å². The fourth-order valence-corrected chi connectivity index (χ4v) is 2.39. The molecule has 1 unspecified atom stereocenters. The molecule has 0 aliphatic heterocycles. The van der Waals surface area contributed by atoms with Gasteiger partial charge in [0.1, 0.15) is 11.6 Å². The Balaban J connectivity index is 2.37. The van der Waals surface area contributed by atoms with Crippen molar-refractivity contribution in [1.82, 2.24) is 5.32 Å². The van der Waals surface area contributed by atoms with Crippen molar-refractivity contribution in [3.8, 4) is 0 Å². The van der Waals surface area contributed by atoms with Gasteiger partial charge in [0.15, 0.2) is 0 Å². The second-order valence-electron chi connectivity index (χ2n) is 4.55. The Morgan fingerprint density at radius 3 is 2.50 bits per heavy atom. The third-order valence-electron chi connectivity index (χ3n) is 2.24. The molecule has 1 atom stereocenters. The number of halogens is 1. The molecule has 3 nitrogen and oxygen atoms in total. The van der Waals surface area contributed by atoms with Crippen LogP contribution in [0.3, 0.4) is 0 Å². The first-order valence-electron chi connectivity index (χ1n) is 5.83. The SMILES string of the molecule is CC(C)CNC(=O)CS(=O)Cc1ccc(F)cc1. The monoisotopic (exact) mass is 271 g/mol. The molecule has 0 heterocycles. The minimum atomic E-state index is -1.26. The zero-order valence-corrected chi connectivity index (χ0v) is 11.4. The maximum atomic E-state index is 12.7. The minimum absolute atomic E-state index is 0.00982. The van der Waals surface area contributed by atoms with E-state index in [1.807, 2.05) is 13.8 Å². The summed E-state index contributed by atoms with van der Waals surface area (Å²) in [6.45, 7) is 4.58. The smallest absolute Gasteiger partial charge is 0.232 e. The van der Waals surface area contributed by atoms with E-state index in [0.717, 1.165) is 5.56 Å². The molecule has 1 N–H and O–H groups in total. The van der Waals surface area contributed by atoms with Crippen LogP contribution in [0.15, 0.2) is 24.3 Å². The number of carbonyl (C=O) groups excluding carboxylic acids is 1. The quantitative estimate of drug-likeness (QED) is 0.858. The van der Waals surface area contributed by atoms with Gasteiger partial charge < -0.3 is 5.32 Å². The van der Waals surface area contributed by atoms with Crippen LogP contribution in [0.2, 0.25) is 0 Å². The van der Waals surface area contributed by atoms with E-state index in [1.165, 1.54) is 12.1 Å². The van der Waals surface area contributed by atoms with Crippen molar-refractivity contribution in [2.75, 3.05) is 12.3 Å². The summed E-state index contributed by atoms with van der Waals surface area (Å²) in [7, 11) is -1.26. The van der Waals surface area contributed by atoms with Crippen LogP contribution in [-0.2, 0) is 21.3 Å². The molecule has 0 bridgehead atoms. The topological polar surface area (TPSA) is 46.2 Å². The molecule has 18 heavy (non-hydrogen) atoms. The van der Waals surface area contributed by atoms with E-state index in [-0.39, 0.29) is 23.2 Å². The first-order chi connectivity index (χ1) is 8.47. The van der Waals surface area contributed by atoms with Crippen LogP contribution in [0.25, 0.3) is 0 Å². The third-order valence-corrected chi connectivity index (χ3v) is 3.48. The molecule has 0 aliphatic rings. The van der Waals surface area contributed by atoms with Gasteiger partial charge in [-0.3, -0.25) is 9.00 Å². The normalized spacial score (nSPS) is 12.4. The van der Waals surface area contributed by atoms with E-state index >= 15 is 0 Å². The lowest BCUT2D eigenvalue weighted by atomic mass is 10.2. The molecule has 0 spiro atoms. The first kappa shape index (κ1) is 14.8. The van der Waals surface area contributed by atoms with Crippen LogP contribution < -0.4 is 5.32 Å². The van der Waals surface area contributed by atoms with Crippen LogP contribution in [0.4, 0.5) is 4.39 Å². The lowest BCUT2D eigenvalue weighted by Gasteiger charge is -2.07. The molecule has 0 saturated carbocycles. The molecule has 100 valence electrons. The summed E-state index contributed by atoms with van der Waals surface area (Å²) in [5, 5.41) is 2.72. The zero-order valence-electron chi connectivity index (χ0n) is 10.6. The van der Waals surface area contributed by atoms with Crippen LogP contribution in [0, 0.1) is 11.7 Å². The van der Waals surface area contributed by atoms with Gasteiger partial charge in [0.05, 0.1) is 0 Å². The molecule has 1 amide bonds. The van der Waals surface area contributed by atoms with E-state index in [9.17, 15) is 13.4 Å². The van der Waals surface area contributed by atoms with Crippen molar-refractivity contribution in [1.29, 1.82) is 0 Å². The Bertz CT molecular complexity index is 418. The van der Waals surface area contributed by atoms with Gasteiger partial charge in [-0.15, -0.1) is 0 Å². The van der Waals surface area contributed by atoms with Crippen LogP contribution >= 0.6 is 0 Å². The predicted octanol–water partition coefficient (Wildman–Crippen LogP) is 1.85. The van der Waals surface area contributed by atoms with Crippen molar-refractivity contribution in [2.24, 2.45) is 5.92 Å². The third kappa shape index (κ3) is 5.91. The molecular weight excluding hydrogens is 253 g/mol. The van der Waals surface area contributed by atoms with Gasteiger partial charge >= 0.3 is 0 Å². The molecule has 0 fully saturated rings. The molecule has 0 radical (unpaired) electrons. The van der Waals surface area contributed by atoms with E-state index in [4.69, 9.17) is 0 Å². The van der Waals surface area contributed by atoms with E-state index in [2.05, 4.69) is 5.32 Å². The van der Waals surface area contributed by atoms with Gasteiger partial charge in [0.2, 0.25) is 5.91 Å². The fraction of sp³-hybridized carbons (Fsp3) is 0.462. The van der Waals surface area contributed by atoms with Crippen LogP contribution in [0.1, 0.15) is 19.4 Å². The highest BCUT2D eigenvalue weighted by Gasteiger charge is 2.09. The number of hydrogen-bond donors (Lipinski definition) is 1. The lowest BCUT2D eigenvalue weighted by Crippen LogP contribution is -2.31. The molecule has 1 aromatic carbocycles. The maximum Gasteiger partial charge on any atom is 0.232 e. The number of hydrogen-bond acceptors (Lipinski definition) is 2. The average Bonchev–Trinajstić information content (AvgIpc) is 2.29. The maximum absolute atomic E-state index is 12.7. The standard InChI is InChI=1S/C13H18FNO2S/c1-10(2)7-15-13(16)9-18(17)8-11-3-5-12(14)6-4-11/h3-6,10H,7-9H2,1-2H3,(H,15,16). The highest BCUT2D eigenvalue weighted by Crippen LogP contribution is 2.05. The molecular formula is C13H18FNO2S. The van der Waals surface area contributed by atoms with Gasteiger partial charge in [0, 0.05) is 23.1 Å². The average molecular weight is 271 g/mol. The van der Waals surface area contributed by atoms with E-state index < -0.39 is 10.8 Å². The lowest BCUT2D eigenvalue weighted by molar-refractivity contribution is -0.118. The summed E-state index contributed by atoms with van der Waals surface area (Å²) >= 11 is 0. The summed E-state index contributed by atoms with van der Waals surface area (Å²) < 4.78 is 24.4. The summed E-state index contributed by atoms with van der Waals surface area (Å²) in [4.78, 5) is 11.4. The molecule has 0 aromatic heterocycles. The number of amides is 1. The van der Waals surface area contributed by atoms with Crippen molar-refractivity contribution >= 4 is 16.7 Å². The minimum Gasteiger partial charge on any atom is -0.355 e. The second kappa shape index (κ2) is 7.26. The summed E-state index contributed by atoms with van der Waals surface area (Å²) in [5.41, 5.74) is 0.770. The Hall–Kier alpha value is -1.23. The highest BCUT2D eigenvalue weighted by atomic mass is 32.2. The number of rotatable bonds is 6. The Morgan fingerprint density at radius 1 is 1.33 bits per heavy atom. The number of benzene rings is 1. The molecule has 0 saturated heterocycles. The van der Waals surface area contributed by atoms with Crippen molar-refractivity contribution < 1.29 is 13.4 Å². The van der Waals surface area contributed by atoms with Crippen LogP contribution in [-0.4, -0.2) is 22.4 Å². The van der Waals surface area contributed by atoms with Gasteiger partial charge in [-0.05, 0) is 23.6 Å². The van der Waals surface area contributed by atoms with E-state index in [0.29, 0.717) is 12.5 Å². The second-order valence-corrected chi connectivity index (χ2v) is 6.01. The summed E-state index contributed by atoms with van der Waals surface area (Å²) in [5.74, 6) is 0.113. The van der Waals surface area contributed by atoms with E-state index in [1.54, 1.807) is 12.1 Å². The Kier molecular flexibility index (Phi) is 5.98. The Labute approximate surface area is 109 Å². The molecule has 5 heteroatoms. The summed E-state index contributed by atoms with van der Waals surface area (Å²) in [6.07, 6.45) is 0. The highest BCUT2D eigenvalue weighted by molar-refractivity contribution is 7.84. The first-order valence-corrected chi connectivity index (χ1v) is 7.32. The van der Waals surface area contributed by atoms with Gasteiger partial charge in [-0.2, -0.15) is 0 Å². The van der Waals surface area contributed by atoms with Crippen molar-refractivity contribution in [2.45, 2.75) is 19.6 Å². The number of carbonyl (C=O) groups is 1. The Morgan fingerprint density at radius 2 is 1.94 bits per heavy atom. The fourth-order valence-electron chi connectivity index (χ4n) is 1.33. The molecule has 0 aliphatic carbocycles. The largest absolute Gasteiger partial charge is 0.355 e. The van der Waals surface area contributed by atoms with Crippen LogP contribution in [0.5, 0.6) is 0 Å². The zero-order chi connectivity index (χ0) is 13.5. The predicted molar refractivity (Wildman–Crippen MR) is 71.0 cm³/mol. The molecule has 1 aromatic rings. The van der Waals surface area contributed by atoms with Gasteiger partial charge in [0.25, 0.3) is 0 Å². The van der Waals surface area contributed by atoms with Gasteiger partial charge in [-0.25, -0.2) is 4.39 Å². The van der Waals surface area contributed by atoms with Crippen molar-refractivity contribution in [3.63, 3.8) is 0 Å². The number of nitrogens with one attached hydrogen (secondary N) is 1. The van der Waals surface area contributed by atoms with Gasteiger partial charge in [-0.1, -0.05) is 26.0 Å². The molecule has 1 rings (SSSR count).